The van der Waals surface area contributed by atoms with Crippen LogP contribution in [0.25, 0.3) is 11.1 Å². The number of aryl methyl sites for hydroxylation is 1. The topological polar surface area (TPSA) is 37.3 Å². The number of hydrogen-bond donors (Lipinski definition) is 1. The quantitative estimate of drug-likeness (QED) is 0.807. The van der Waals surface area contributed by atoms with Crippen LogP contribution in [0.15, 0.2) is 65.2 Å². The van der Waals surface area contributed by atoms with Crippen molar-refractivity contribution in [2.75, 3.05) is 0 Å². The fourth-order valence-corrected chi connectivity index (χ4v) is 2.17. The SMILES string of the molecule is C=C(CCc1ccc(-c2ccc(Br)cc2)cc1)C(=O)O. The molecule has 0 aliphatic heterocycles. The molecule has 0 saturated carbocycles. The van der Waals surface area contributed by atoms with Gasteiger partial charge in [-0.05, 0) is 41.7 Å². The molecule has 0 aliphatic rings. The average Bonchev–Trinajstić information content (AvgIpc) is 2.46. The maximum absolute atomic E-state index is 10.7. The lowest BCUT2D eigenvalue weighted by Gasteiger charge is -2.05. The number of aliphatic carboxylic acids is 1. The van der Waals surface area contributed by atoms with Gasteiger partial charge in [-0.15, -0.1) is 0 Å². The lowest BCUT2D eigenvalue weighted by atomic mass is 10.0. The van der Waals surface area contributed by atoms with Crippen LogP contribution >= 0.6 is 15.9 Å². The maximum Gasteiger partial charge on any atom is 0.330 e. The number of carbonyl (C=O) groups is 1. The minimum atomic E-state index is -0.920. The van der Waals surface area contributed by atoms with Crippen molar-refractivity contribution in [3.8, 4) is 11.1 Å². The summed E-state index contributed by atoms with van der Waals surface area (Å²) < 4.78 is 1.06. The molecule has 2 nitrogen and oxygen atoms in total. The van der Waals surface area contributed by atoms with Crippen molar-refractivity contribution in [2.24, 2.45) is 0 Å². The molecule has 102 valence electrons. The van der Waals surface area contributed by atoms with Crippen LogP contribution in [0.3, 0.4) is 0 Å². The standard InChI is InChI=1S/C17H15BrO2/c1-12(17(19)20)2-3-13-4-6-14(7-5-13)15-8-10-16(18)11-9-15/h4-11H,1-3H2,(H,19,20). The van der Waals surface area contributed by atoms with Crippen LogP contribution in [0.4, 0.5) is 0 Å². The van der Waals surface area contributed by atoms with Crippen molar-refractivity contribution in [3.63, 3.8) is 0 Å². The second-order valence-electron chi connectivity index (χ2n) is 4.61. The highest BCUT2D eigenvalue weighted by molar-refractivity contribution is 9.10. The fourth-order valence-electron chi connectivity index (χ4n) is 1.91. The van der Waals surface area contributed by atoms with Gasteiger partial charge in [-0.2, -0.15) is 0 Å². The van der Waals surface area contributed by atoms with Gasteiger partial charge in [-0.25, -0.2) is 4.79 Å². The van der Waals surface area contributed by atoms with E-state index in [1.165, 1.54) is 0 Å². The number of benzene rings is 2. The summed E-state index contributed by atoms with van der Waals surface area (Å²) in [6.45, 7) is 3.54. The van der Waals surface area contributed by atoms with Crippen molar-refractivity contribution in [1.82, 2.24) is 0 Å². The molecular formula is C17H15BrO2. The highest BCUT2D eigenvalue weighted by Gasteiger charge is 2.04. The third-order valence-electron chi connectivity index (χ3n) is 3.15. The zero-order chi connectivity index (χ0) is 14.5. The fraction of sp³-hybridized carbons (Fsp3) is 0.118. The van der Waals surface area contributed by atoms with Crippen LogP contribution in [0.5, 0.6) is 0 Å². The Kier molecular flexibility index (Phi) is 4.74. The summed E-state index contributed by atoms with van der Waals surface area (Å²) in [4.78, 5) is 10.7. The largest absolute Gasteiger partial charge is 0.478 e. The first kappa shape index (κ1) is 14.5. The summed E-state index contributed by atoms with van der Waals surface area (Å²) in [5.41, 5.74) is 3.68. The molecule has 0 fully saturated rings. The molecule has 0 atom stereocenters. The minimum Gasteiger partial charge on any atom is -0.478 e. The third-order valence-corrected chi connectivity index (χ3v) is 3.68. The molecule has 0 unspecified atom stereocenters. The number of halogens is 1. The third kappa shape index (κ3) is 3.81. The Morgan fingerprint density at radius 2 is 1.50 bits per heavy atom. The van der Waals surface area contributed by atoms with Crippen molar-refractivity contribution < 1.29 is 9.90 Å². The Hall–Kier alpha value is -1.87. The van der Waals surface area contributed by atoms with Crippen LogP contribution in [0.1, 0.15) is 12.0 Å². The molecular weight excluding hydrogens is 316 g/mol. The molecule has 0 aliphatic carbocycles. The van der Waals surface area contributed by atoms with Crippen LogP contribution in [-0.4, -0.2) is 11.1 Å². The molecule has 0 saturated heterocycles. The molecule has 0 amide bonds. The average molecular weight is 331 g/mol. The van der Waals surface area contributed by atoms with E-state index in [2.05, 4.69) is 46.8 Å². The van der Waals surface area contributed by atoms with Crippen molar-refractivity contribution >= 4 is 21.9 Å². The lowest BCUT2D eigenvalue weighted by molar-refractivity contribution is -0.132. The lowest BCUT2D eigenvalue weighted by Crippen LogP contribution is -2.00. The summed E-state index contributed by atoms with van der Waals surface area (Å²) in [6, 6.07) is 16.3. The number of carboxylic acids is 1. The van der Waals surface area contributed by atoms with E-state index in [4.69, 9.17) is 5.11 Å². The summed E-state index contributed by atoms with van der Waals surface area (Å²) in [5, 5.41) is 8.77. The molecule has 20 heavy (non-hydrogen) atoms. The highest BCUT2D eigenvalue weighted by atomic mass is 79.9. The summed E-state index contributed by atoms with van der Waals surface area (Å²) in [6.07, 6.45) is 1.18. The highest BCUT2D eigenvalue weighted by Crippen LogP contribution is 2.22. The first-order valence-corrected chi connectivity index (χ1v) is 7.11. The zero-order valence-corrected chi connectivity index (χ0v) is 12.6. The van der Waals surface area contributed by atoms with Gasteiger partial charge in [0.1, 0.15) is 0 Å². The van der Waals surface area contributed by atoms with Gasteiger partial charge in [-0.3, -0.25) is 0 Å². The van der Waals surface area contributed by atoms with Gasteiger partial charge < -0.3 is 5.11 Å². The van der Waals surface area contributed by atoms with E-state index in [1.54, 1.807) is 0 Å². The summed E-state index contributed by atoms with van der Waals surface area (Å²) in [5.74, 6) is -0.920. The van der Waals surface area contributed by atoms with Crippen LogP contribution in [0, 0.1) is 0 Å². The van der Waals surface area contributed by atoms with Gasteiger partial charge >= 0.3 is 5.97 Å². The molecule has 0 radical (unpaired) electrons. The number of hydrogen-bond acceptors (Lipinski definition) is 1. The van der Waals surface area contributed by atoms with E-state index >= 15 is 0 Å². The molecule has 0 bridgehead atoms. The van der Waals surface area contributed by atoms with Gasteiger partial charge in [-0.1, -0.05) is 58.9 Å². The van der Waals surface area contributed by atoms with Gasteiger partial charge in [0.05, 0.1) is 0 Å². The summed E-state index contributed by atoms with van der Waals surface area (Å²) >= 11 is 3.42. The molecule has 2 aromatic rings. The molecule has 0 spiro atoms. The van der Waals surface area contributed by atoms with Crippen LogP contribution < -0.4 is 0 Å². The number of carboxylic acid groups (broad SMARTS) is 1. The molecule has 3 heteroatoms. The first-order valence-electron chi connectivity index (χ1n) is 6.32. The Balaban J connectivity index is 2.04. The van der Waals surface area contributed by atoms with Crippen LogP contribution in [-0.2, 0) is 11.2 Å². The Labute approximate surface area is 126 Å². The van der Waals surface area contributed by atoms with E-state index in [1.807, 2.05) is 24.3 Å². The van der Waals surface area contributed by atoms with Gasteiger partial charge in [0, 0.05) is 10.0 Å². The van der Waals surface area contributed by atoms with Crippen molar-refractivity contribution in [3.05, 3.63) is 70.7 Å². The Morgan fingerprint density at radius 1 is 1.00 bits per heavy atom. The van der Waals surface area contributed by atoms with Gasteiger partial charge in [0.15, 0.2) is 0 Å². The van der Waals surface area contributed by atoms with Gasteiger partial charge in [0.25, 0.3) is 0 Å². The molecule has 1 N–H and O–H groups in total. The Morgan fingerprint density at radius 3 is 2.00 bits per heavy atom. The minimum absolute atomic E-state index is 0.252. The normalized spacial score (nSPS) is 10.2. The van der Waals surface area contributed by atoms with E-state index in [-0.39, 0.29) is 5.57 Å². The van der Waals surface area contributed by atoms with E-state index in [9.17, 15) is 4.79 Å². The smallest absolute Gasteiger partial charge is 0.330 e. The Bertz CT molecular complexity index is 612. The van der Waals surface area contributed by atoms with E-state index < -0.39 is 5.97 Å². The molecule has 0 aromatic heterocycles. The van der Waals surface area contributed by atoms with Gasteiger partial charge in [0.2, 0.25) is 0 Å². The second-order valence-corrected chi connectivity index (χ2v) is 5.53. The molecule has 0 heterocycles. The zero-order valence-electron chi connectivity index (χ0n) is 11.0. The predicted molar refractivity (Wildman–Crippen MR) is 84.7 cm³/mol. The molecule has 2 rings (SSSR count). The van der Waals surface area contributed by atoms with Crippen LogP contribution in [0.2, 0.25) is 0 Å². The predicted octanol–water partition coefficient (Wildman–Crippen LogP) is 4.69. The molecule has 2 aromatic carbocycles. The second kappa shape index (κ2) is 6.53. The summed E-state index contributed by atoms with van der Waals surface area (Å²) in [7, 11) is 0. The van der Waals surface area contributed by atoms with E-state index in [0.29, 0.717) is 12.8 Å². The monoisotopic (exact) mass is 330 g/mol. The maximum atomic E-state index is 10.7. The van der Waals surface area contributed by atoms with Crippen molar-refractivity contribution in [1.29, 1.82) is 0 Å². The number of rotatable bonds is 5. The van der Waals surface area contributed by atoms with Crippen molar-refractivity contribution in [2.45, 2.75) is 12.8 Å². The van der Waals surface area contributed by atoms with E-state index in [0.717, 1.165) is 21.2 Å². The first-order chi connectivity index (χ1) is 9.56.